The second kappa shape index (κ2) is 6.38. The van der Waals surface area contributed by atoms with E-state index >= 15 is 0 Å². The van der Waals surface area contributed by atoms with Crippen LogP contribution in [0.3, 0.4) is 0 Å². The Balaban J connectivity index is 1.63. The first kappa shape index (κ1) is 15.5. The SMILES string of the molecule is CC(C)(C)Oc1ccc(/C=N\Nc2nc3ccccc3s2)cc1. The molecule has 0 spiro atoms. The van der Waals surface area contributed by atoms with Gasteiger partial charge in [0.1, 0.15) is 11.4 Å². The molecule has 5 heteroatoms. The summed E-state index contributed by atoms with van der Waals surface area (Å²) in [5, 5.41) is 5.03. The van der Waals surface area contributed by atoms with Crippen LogP contribution in [-0.2, 0) is 0 Å². The number of nitrogens with one attached hydrogen (secondary N) is 1. The van der Waals surface area contributed by atoms with E-state index in [1.807, 2.05) is 63.2 Å². The Hall–Kier alpha value is -2.40. The molecule has 0 saturated carbocycles. The molecule has 0 aliphatic rings. The monoisotopic (exact) mass is 325 g/mol. The Morgan fingerprint density at radius 2 is 1.83 bits per heavy atom. The van der Waals surface area contributed by atoms with Gasteiger partial charge in [0.25, 0.3) is 0 Å². The first-order valence-electron chi connectivity index (χ1n) is 7.43. The van der Waals surface area contributed by atoms with Gasteiger partial charge in [-0.2, -0.15) is 5.10 Å². The zero-order valence-electron chi connectivity index (χ0n) is 13.4. The van der Waals surface area contributed by atoms with Gasteiger partial charge in [-0.3, -0.25) is 5.43 Å². The van der Waals surface area contributed by atoms with Gasteiger partial charge >= 0.3 is 0 Å². The molecule has 1 N–H and O–H groups in total. The molecule has 0 saturated heterocycles. The fourth-order valence-corrected chi connectivity index (χ4v) is 2.87. The summed E-state index contributed by atoms with van der Waals surface area (Å²) in [6, 6.07) is 15.9. The molecule has 0 fully saturated rings. The van der Waals surface area contributed by atoms with Gasteiger partial charge in [0.2, 0.25) is 5.13 Å². The second-order valence-corrected chi connectivity index (χ2v) is 7.17. The number of fused-ring (bicyclic) bond motifs is 1. The van der Waals surface area contributed by atoms with Crippen LogP contribution in [0, 0.1) is 0 Å². The summed E-state index contributed by atoms with van der Waals surface area (Å²) < 4.78 is 6.94. The van der Waals surface area contributed by atoms with Crippen molar-refractivity contribution in [1.29, 1.82) is 0 Å². The van der Waals surface area contributed by atoms with E-state index in [1.165, 1.54) is 0 Å². The minimum Gasteiger partial charge on any atom is -0.488 e. The minimum atomic E-state index is -0.190. The molecule has 3 aromatic rings. The third-order valence-electron chi connectivity index (χ3n) is 2.97. The molecule has 1 aromatic heterocycles. The lowest BCUT2D eigenvalue weighted by Crippen LogP contribution is -2.22. The highest BCUT2D eigenvalue weighted by Gasteiger charge is 2.11. The summed E-state index contributed by atoms with van der Waals surface area (Å²) in [6.07, 6.45) is 1.77. The highest BCUT2D eigenvalue weighted by Crippen LogP contribution is 2.25. The number of hydrazone groups is 1. The number of aromatic nitrogens is 1. The molecular formula is C18H19N3OS. The van der Waals surface area contributed by atoms with Gasteiger partial charge in [-0.15, -0.1) is 0 Å². The average Bonchev–Trinajstić information content (AvgIpc) is 2.90. The summed E-state index contributed by atoms with van der Waals surface area (Å²) >= 11 is 1.59. The molecule has 1 heterocycles. The topological polar surface area (TPSA) is 46.5 Å². The lowest BCUT2D eigenvalue weighted by Gasteiger charge is -2.21. The summed E-state index contributed by atoms with van der Waals surface area (Å²) in [7, 11) is 0. The van der Waals surface area contributed by atoms with Gasteiger partial charge in [0.05, 0.1) is 16.4 Å². The van der Waals surface area contributed by atoms with Crippen LogP contribution in [0.25, 0.3) is 10.2 Å². The zero-order chi connectivity index (χ0) is 16.3. The van der Waals surface area contributed by atoms with Crippen molar-refractivity contribution in [3.8, 4) is 5.75 Å². The predicted molar refractivity (Wildman–Crippen MR) is 97.7 cm³/mol. The molecule has 118 valence electrons. The lowest BCUT2D eigenvalue weighted by molar-refractivity contribution is 0.131. The molecule has 0 radical (unpaired) electrons. The maximum Gasteiger partial charge on any atom is 0.204 e. The zero-order valence-corrected chi connectivity index (χ0v) is 14.2. The molecule has 23 heavy (non-hydrogen) atoms. The van der Waals surface area contributed by atoms with Crippen LogP contribution >= 0.6 is 11.3 Å². The molecule has 3 rings (SSSR count). The third kappa shape index (κ3) is 4.29. The number of para-hydroxylation sites is 1. The number of nitrogens with zero attached hydrogens (tertiary/aromatic N) is 2. The Morgan fingerprint density at radius 3 is 2.52 bits per heavy atom. The smallest absolute Gasteiger partial charge is 0.204 e. The molecule has 0 aliphatic heterocycles. The lowest BCUT2D eigenvalue weighted by atomic mass is 10.2. The van der Waals surface area contributed by atoms with E-state index in [-0.39, 0.29) is 5.60 Å². The Kier molecular flexibility index (Phi) is 4.30. The summed E-state index contributed by atoms with van der Waals surface area (Å²) in [5.41, 5.74) is 4.78. The van der Waals surface area contributed by atoms with E-state index in [2.05, 4.69) is 21.6 Å². The number of hydrogen-bond donors (Lipinski definition) is 1. The maximum absolute atomic E-state index is 5.80. The van der Waals surface area contributed by atoms with Crippen molar-refractivity contribution in [2.45, 2.75) is 26.4 Å². The van der Waals surface area contributed by atoms with Gasteiger partial charge in [-0.25, -0.2) is 4.98 Å². The van der Waals surface area contributed by atoms with Crippen molar-refractivity contribution in [3.63, 3.8) is 0 Å². The van der Waals surface area contributed by atoms with Crippen LogP contribution in [0.1, 0.15) is 26.3 Å². The van der Waals surface area contributed by atoms with Crippen LogP contribution in [0.2, 0.25) is 0 Å². The molecule has 4 nitrogen and oxygen atoms in total. The number of thiazole rings is 1. The first-order chi connectivity index (χ1) is 11.0. The molecule has 0 amide bonds. The van der Waals surface area contributed by atoms with E-state index in [0.29, 0.717) is 0 Å². The van der Waals surface area contributed by atoms with Crippen molar-refractivity contribution in [2.24, 2.45) is 5.10 Å². The first-order valence-corrected chi connectivity index (χ1v) is 8.25. The highest BCUT2D eigenvalue weighted by molar-refractivity contribution is 7.22. The molecule has 0 bridgehead atoms. The van der Waals surface area contributed by atoms with Gasteiger partial charge < -0.3 is 4.74 Å². The van der Waals surface area contributed by atoms with Gasteiger partial charge in [0, 0.05) is 0 Å². The average molecular weight is 325 g/mol. The van der Waals surface area contributed by atoms with E-state index in [0.717, 1.165) is 26.7 Å². The molecule has 0 unspecified atom stereocenters. The van der Waals surface area contributed by atoms with Crippen molar-refractivity contribution in [2.75, 3.05) is 5.43 Å². The van der Waals surface area contributed by atoms with Crippen LogP contribution in [-0.4, -0.2) is 16.8 Å². The molecule has 2 aromatic carbocycles. The number of benzene rings is 2. The molecular weight excluding hydrogens is 306 g/mol. The predicted octanol–water partition coefficient (Wildman–Crippen LogP) is 4.92. The quantitative estimate of drug-likeness (QED) is 0.547. The largest absolute Gasteiger partial charge is 0.488 e. The fraction of sp³-hybridized carbons (Fsp3) is 0.222. The van der Waals surface area contributed by atoms with E-state index in [4.69, 9.17) is 4.74 Å². The number of ether oxygens (including phenoxy) is 1. The van der Waals surface area contributed by atoms with Crippen LogP contribution < -0.4 is 10.2 Å². The van der Waals surface area contributed by atoms with Crippen LogP contribution in [0.4, 0.5) is 5.13 Å². The standard InChI is InChI=1S/C18H19N3OS/c1-18(2,3)22-14-10-8-13(9-11-14)12-19-21-17-20-15-6-4-5-7-16(15)23-17/h4-12H,1-3H3,(H,20,21)/b19-12-. The number of hydrogen-bond acceptors (Lipinski definition) is 5. The van der Waals surface area contributed by atoms with Crippen molar-refractivity contribution < 1.29 is 4.74 Å². The Bertz CT molecular complexity index is 783. The van der Waals surface area contributed by atoms with Crippen molar-refractivity contribution >= 4 is 32.9 Å². The van der Waals surface area contributed by atoms with Gasteiger partial charge in [-0.1, -0.05) is 23.5 Å². The minimum absolute atomic E-state index is 0.190. The van der Waals surface area contributed by atoms with E-state index < -0.39 is 0 Å². The van der Waals surface area contributed by atoms with Gasteiger partial charge in [-0.05, 0) is 62.7 Å². The fourth-order valence-electron chi connectivity index (χ4n) is 2.06. The second-order valence-electron chi connectivity index (χ2n) is 6.14. The third-order valence-corrected chi connectivity index (χ3v) is 3.91. The normalized spacial score (nSPS) is 12.0. The van der Waals surface area contributed by atoms with Gasteiger partial charge in [0.15, 0.2) is 0 Å². The molecule has 0 aliphatic carbocycles. The van der Waals surface area contributed by atoms with E-state index in [9.17, 15) is 0 Å². The van der Waals surface area contributed by atoms with Crippen molar-refractivity contribution in [3.05, 3.63) is 54.1 Å². The van der Waals surface area contributed by atoms with Crippen LogP contribution in [0.15, 0.2) is 53.6 Å². The van der Waals surface area contributed by atoms with Crippen LogP contribution in [0.5, 0.6) is 5.75 Å². The molecule has 0 atom stereocenters. The van der Waals surface area contributed by atoms with E-state index in [1.54, 1.807) is 17.6 Å². The maximum atomic E-state index is 5.80. The highest BCUT2D eigenvalue weighted by atomic mass is 32.1. The number of anilines is 1. The number of rotatable bonds is 4. The Labute approximate surface area is 139 Å². The van der Waals surface area contributed by atoms with Crippen molar-refractivity contribution in [1.82, 2.24) is 4.98 Å². The summed E-state index contributed by atoms with van der Waals surface area (Å²) in [5.74, 6) is 0.855. The Morgan fingerprint density at radius 1 is 1.09 bits per heavy atom. The summed E-state index contributed by atoms with van der Waals surface area (Å²) in [6.45, 7) is 6.10. The summed E-state index contributed by atoms with van der Waals surface area (Å²) in [4.78, 5) is 4.47.